The predicted octanol–water partition coefficient (Wildman–Crippen LogP) is 3.19. The maximum absolute atomic E-state index is 9.20. The highest BCUT2D eigenvalue weighted by molar-refractivity contribution is 9.10. The number of aliphatic hydroxyl groups is 1. The fourth-order valence-corrected chi connectivity index (χ4v) is 3.08. The number of halogens is 1. The van der Waals surface area contributed by atoms with Crippen LogP contribution in [0.3, 0.4) is 0 Å². The summed E-state index contributed by atoms with van der Waals surface area (Å²) in [4.78, 5) is 0. The van der Waals surface area contributed by atoms with Gasteiger partial charge in [0.15, 0.2) is 0 Å². The average Bonchev–Trinajstić information content (AvgIpc) is 2.69. The minimum Gasteiger partial charge on any atom is -0.393 e. The summed E-state index contributed by atoms with van der Waals surface area (Å²) in [7, 11) is 0. The zero-order valence-corrected chi connectivity index (χ0v) is 11.8. The van der Waals surface area contributed by atoms with Crippen LogP contribution in [0, 0.1) is 0 Å². The molecule has 0 saturated heterocycles. The first kappa shape index (κ1) is 13.1. The van der Waals surface area contributed by atoms with Crippen molar-refractivity contribution < 1.29 is 5.11 Å². The summed E-state index contributed by atoms with van der Waals surface area (Å²) >= 11 is 3.61. The van der Waals surface area contributed by atoms with Crippen LogP contribution in [0.5, 0.6) is 0 Å². The van der Waals surface area contributed by atoms with E-state index in [-0.39, 0.29) is 6.10 Å². The van der Waals surface area contributed by atoms with Gasteiger partial charge in [-0.15, -0.1) is 0 Å². The van der Waals surface area contributed by atoms with E-state index in [9.17, 15) is 5.11 Å². The van der Waals surface area contributed by atoms with Gasteiger partial charge in [-0.05, 0) is 56.3 Å². The lowest BCUT2D eigenvalue weighted by Crippen LogP contribution is -2.21. The van der Waals surface area contributed by atoms with Gasteiger partial charge in [0.05, 0.1) is 6.10 Å². The van der Waals surface area contributed by atoms with E-state index < -0.39 is 0 Å². The molecule has 0 radical (unpaired) electrons. The number of benzene rings is 1. The molecule has 0 bridgehead atoms. The smallest absolute Gasteiger partial charge is 0.0512 e. The van der Waals surface area contributed by atoms with Gasteiger partial charge < -0.3 is 10.4 Å². The molecule has 2 rings (SSSR count). The number of aliphatic hydroxyl groups excluding tert-OH is 1. The van der Waals surface area contributed by atoms with Gasteiger partial charge in [0.2, 0.25) is 0 Å². The van der Waals surface area contributed by atoms with Crippen molar-refractivity contribution in [3.05, 3.63) is 33.8 Å². The Bertz CT molecular complexity index is 378. The average molecular weight is 298 g/mol. The van der Waals surface area contributed by atoms with Crippen molar-refractivity contribution in [2.45, 2.75) is 44.8 Å². The number of rotatable bonds is 5. The minimum atomic E-state index is -0.179. The van der Waals surface area contributed by atoms with E-state index in [4.69, 9.17) is 0 Å². The van der Waals surface area contributed by atoms with Gasteiger partial charge in [-0.2, -0.15) is 0 Å². The van der Waals surface area contributed by atoms with Crippen LogP contribution in [0.15, 0.2) is 22.7 Å². The van der Waals surface area contributed by atoms with Gasteiger partial charge in [0, 0.05) is 10.5 Å². The Morgan fingerprint density at radius 2 is 2.35 bits per heavy atom. The maximum Gasteiger partial charge on any atom is 0.0512 e. The summed E-state index contributed by atoms with van der Waals surface area (Å²) in [5.74, 6) is 0. The molecule has 0 aromatic heterocycles. The molecule has 0 saturated carbocycles. The van der Waals surface area contributed by atoms with Crippen LogP contribution in [0.25, 0.3) is 0 Å². The number of fused-ring (bicyclic) bond motifs is 1. The van der Waals surface area contributed by atoms with E-state index in [0.29, 0.717) is 6.04 Å². The van der Waals surface area contributed by atoms with Gasteiger partial charge in [-0.1, -0.05) is 28.1 Å². The predicted molar refractivity (Wildman–Crippen MR) is 74.1 cm³/mol. The quantitative estimate of drug-likeness (QED) is 0.818. The molecule has 1 aromatic carbocycles. The van der Waals surface area contributed by atoms with Crippen molar-refractivity contribution in [1.29, 1.82) is 0 Å². The number of hydrogen-bond donors (Lipinski definition) is 2. The Morgan fingerprint density at radius 3 is 3.12 bits per heavy atom. The second-order valence-electron chi connectivity index (χ2n) is 4.84. The molecule has 2 unspecified atom stereocenters. The van der Waals surface area contributed by atoms with E-state index in [2.05, 4.69) is 39.4 Å². The Kier molecular flexibility index (Phi) is 4.60. The van der Waals surface area contributed by atoms with Crippen LogP contribution in [0.4, 0.5) is 0 Å². The van der Waals surface area contributed by atoms with E-state index >= 15 is 0 Å². The van der Waals surface area contributed by atoms with Gasteiger partial charge in [0.25, 0.3) is 0 Å². The molecule has 0 amide bonds. The fourth-order valence-electron chi connectivity index (χ4n) is 2.50. The molecule has 2 nitrogen and oxygen atoms in total. The number of hydrogen-bond acceptors (Lipinski definition) is 2. The Morgan fingerprint density at radius 1 is 1.53 bits per heavy atom. The Hall–Kier alpha value is -0.380. The summed E-state index contributed by atoms with van der Waals surface area (Å²) in [6.45, 7) is 2.84. The molecule has 0 heterocycles. The molecule has 3 heteroatoms. The largest absolute Gasteiger partial charge is 0.393 e. The third-order valence-electron chi connectivity index (χ3n) is 3.40. The molecule has 94 valence electrons. The first-order chi connectivity index (χ1) is 8.18. The highest BCUT2D eigenvalue weighted by Crippen LogP contribution is 2.35. The van der Waals surface area contributed by atoms with Crippen molar-refractivity contribution in [3.8, 4) is 0 Å². The topological polar surface area (TPSA) is 32.3 Å². The summed E-state index contributed by atoms with van der Waals surface area (Å²) in [5, 5.41) is 12.8. The van der Waals surface area contributed by atoms with Crippen LogP contribution in [0.1, 0.15) is 43.4 Å². The molecular formula is C14H20BrNO. The Balaban J connectivity index is 1.87. The normalized spacial score (nSPS) is 20.3. The third kappa shape index (κ3) is 3.30. The fraction of sp³-hybridized carbons (Fsp3) is 0.571. The summed E-state index contributed by atoms with van der Waals surface area (Å²) in [5.41, 5.74) is 2.90. The van der Waals surface area contributed by atoms with Gasteiger partial charge in [0.1, 0.15) is 0 Å². The standard InChI is InChI=1S/C14H20BrNO/c1-10(17)4-3-9-16-14-8-7-11-12(14)5-2-6-13(11)15/h2,5-6,10,14,16-17H,3-4,7-9H2,1H3. The summed E-state index contributed by atoms with van der Waals surface area (Å²) in [6, 6.07) is 6.95. The van der Waals surface area contributed by atoms with Crippen molar-refractivity contribution in [2.24, 2.45) is 0 Å². The van der Waals surface area contributed by atoms with Gasteiger partial charge >= 0.3 is 0 Å². The second kappa shape index (κ2) is 5.98. The molecule has 0 spiro atoms. The molecule has 1 aromatic rings. The van der Waals surface area contributed by atoms with Crippen LogP contribution in [-0.2, 0) is 6.42 Å². The molecule has 1 aliphatic rings. The monoisotopic (exact) mass is 297 g/mol. The van der Waals surface area contributed by atoms with Gasteiger partial charge in [-0.3, -0.25) is 0 Å². The highest BCUT2D eigenvalue weighted by atomic mass is 79.9. The van der Waals surface area contributed by atoms with E-state index in [1.54, 1.807) is 0 Å². The summed E-state index contributed by atoms with van der Waals surface area (Å²) < 4.78 is 1.24. The lowest BCUT2D eigenvalue weighted by Gasteiger charge is -2.14. The van der Waals surface area contributed by atoms with Crippen LogP contribution < -0.4 is 5.32 Å². The van der Waals surface area contributed by atoms with E-state index in [1.807, 2.05) is 6.92 Å². The van der Waals surface area contributed by atoms with Crippen molar-refractivity contribution in [1.82, 2.24) is 5.32 Å². The number of nitrogens with one attached hydrogen (secondary N) is 1. The molecule has 17 heavy (non-hydrogen) atoms. The second-order valence-corrected chi connectivity index (χ2v) is 5.70. The van der Waals surface area contributed by atoms with Crippen LogP contribution in [0.2, 0.25) is 0 Å². The Labute approximate surface area is 112 Å². The zero-order valence-electron chi connectivity index (χ0n) is 10.2. The first-order valence-electron chi connectivity index (χ1n) is 6.37. The van der Waals surface area contributed by atoms with E-state index in [0.717, 1.165) is 25.8 Å². The molecule has 0 aliphatic heterocycles. The van der Waals surface area contributed by atoms with Crippen molar-refractivity contribution >= 4 is 15.9 Å². The van der Waals surface area contributed by atoms with E-state index in [1.165, 1.54) is 22.0 Å². The van der Waals surface area contributed by atoms with Crippen molar-refractivity contribution in [2.75, 3.05) is 6.54 Å². The molecular weight excluding hydrogens is 278 g/mol. The third-order valence-corrected chi connectivity index (χ3v) is 4.15. The molecule has 2 N–H and O–H groups in total. The minimum absolute atomic E-state index is 0.179. The molecule has 1 aliphatic carbocycles. The van der Waals surface area contributed by atoms with Crippen molar-refractivity contribution in [3.63, 3.8) is 0 Å². The maximum atomic E-state index is 9.20. The zero-order chi connectivity index (χ0) is 12.3. The molecule has 0 fully saturated rings. The SMILES string of the molecule is CC(O)CCCNC1CCc2c(Br)cccc21. The van der Waals surface area contributed by atoms with Gasteiger partial charge in [-0.25, -0.2) is 0 Å². The van der Waals surface area contributed by atoms with Crippen LogP contribution >= 0.6 is 15.9 Å². The summed E-state index contributed by atoms with van der Waals surface area (Å²) in [6.07, 6.45) is 4.09. The first-order valence-corrected chi connectivity index (χ1v) is 7.16. The molecule has 2 atom stereocenters. The van der Waals surface area contributed by atoms with Crippen LogP contribution in [-0.4, -0.2) is 17.8 Å². The lowest BCUT2D eigenvalue weighted by atomic mass is 10.1. The lowest BCUT2D eigenvalue weighted by molar-refractivity contribution is 0.181. The highest BCUT2D eigenvalue weighted by Gasteiger charge is 2.22.